The fourth-order valence-corrected chi connectivity index (χ4v) is 3.14. The number of rotatable bonds is 5. The number of nitrogens with one attached hydrogen (secondary N) is 1. The van der Waals surface area contributed by atoms with Crippen molar-refractivity contribution in [1.82, 2.24) is 9.97 Å². The molecule has 1 aliphatic rings. The Labute approximate surface area is 157 Å². The van der Waals surface area contributed by atoms with E-state index in [9.17, 15) is 0 Å². The third-order valence-electron chi connectivity index (χ3n) is 4.55. The Morgan fingerprint density at radius 2 is 1.85 bits per heavy atom. The van der Waals surface area contributed by atoms with Gasteiger partial charge < -0.3 is 10.1 Å². The van der Waals surface area contributed by atoms with Crippen LogP contribution in [-0.4, -0.2) is 23.7 Å². The first-order chi connectivity index (χ1) is 13.1. The molecule has 0 amide bonds. The van der Waals surface area contributed by atoms with Gasteiger partial charge in [-0.2, -0.15) is 0 Å². The van der Waals surface area contributed by atoms with E-state index in [1.165, 1.54) is 0 Å². The van der Waals surface area contributed by atoms with E-state index in [2.05, 4.69) is 38.3 Å². The lowest BCUT2D eigenvalue weighted by Gasteiger charge is -2.16. The van der Waals surface area contributed by atoms with Crippen LogP contribution in [-0.2, 0) is 0 Å². The highest BCUT2D eigenvalue weighted by molar-refractivity contribution is 5.62. The van der Waals surface area contributed by atoms with Gasteiger partial charge in [-0.05, 0) is 43.7 Å². The van der Waals surface area contributed by atoms with Crippen molar-refractivity contribution in [2.75, 3.05) is 19.1 Å². The van der Waals surface area contributed by atoms with Gasteiger partial charge in [0.05, 0.1) is 29.6 Å². The van der Waals surface area contributed by atoms with Crippen LogP contribution in [0.2, 0.25) is 0 Å². The number of aryl methyl sites for hydroxylation is 1. The zero-order valence-electron chi connectivity index (χ0n) is 15.6. The third-order valence-corrected chi connectivity index (χ3v) is 4.55. The first-order valence-electron chi connectivity index (χ1n) is 8.88. The maximum absolute atomic E-state index is 5.32. The number of hydrogen-bond donors (Lipinski definition) is 1. The van der Waals surface area contributed by atoms with Crippen LogP contribution in [0.25, 0.3) is 11.3 Å². The second kappa shape index (κ2) is 7.15. The van der Waals surface area contributed by atoms with Crippen molar-refractivity contribution >= 4 is 5.82 Å². The van der Waals surface area contributed by atoms with Crippen LogP contribution >= 0.6 is 0 Å². The topological polar surface area (TPSA) is 71.8 Å². The molecule has 1 atom stereocenters. The van der Waals surface area contributed by atoms with Crippen molar-refractivity contribution in [2.24, 2.45) is 9.98 Å². The van der Waals surface area contributed by atoms with Gasteiger partial charge in [-0.1, -0.05) is 18.2 Å². The Bertz CT molecular complexity index is 1110. The Hall–Kier alpha value is -3.28. The van der Waals surface area contributed by atoms with Crippen LogP contribution in [0.4, 0.5) is 5.82 Å². The number of fused-ring (bicyclic) bond motifs is 1. The molecule has 0 radical (unpaired) electrons. The van der Waals surface area contributed by atoms with E-state index in [1.54, 1.807) is 7.11 Å². The van der Waals surface area contributed by atoms with Gasteiger partial charge in [-0.25, -0.2) is 9.97 Å². The van der Waals surface area contributed by atoms with Crippen molar-refractivity contribution in [3.63, 3.8) is 0 Å². The molecule has 0 spiro atoms. The standard InChI is InChI=1S/C21H21N5O/c1-13(15-5-4-6-17(9-15)27-3)24-21-11-19(25-14(2)26-21)16-7-8-18-20(10-16)23-12-22-18/h4-11,13H,12H2,1-3H3,(H,24,25,26)/t13-/m0/s1. The van der Waals surface area contributed by atoms with Crippen molar-refractivity contribution in [1.29, 1.82) is 0 Å². The minimum absolute atomic E-state index is 0.0797. The van der Waals surface area contributed by atoms with Gasteiger partial charge >= 0.3 is 0 Å². The second-order valence-corrected chi connectivity index (χ2v) is 6.49. The molecule has 0 unspecified atom stereocenters. The second-order valence-electron chi connectivity index (χ2n) is 6.49. The summed E-state index contributed by atoms with van der Waals surface area (Å²) in [5.41, 5.74) is 3.01. The van der Waals surface area contributed by atoms with Gasteiger partial charge in [0.2, 0.25) is 0 Å². The maximum atomic E-state index is 5.32. The van der Waals surface area contributed by atoms with Gasteiger partial charge in [0.1, 0.15) is 24.1 Å². The molecule has 0 bridgehead atoms. The fourth-order valence-electron chi connectivity index (χ4n) is 3.14. The summed E-state index contributed by atoms with van der Waals surface area (Å²) in [7, 11) is 1.67. The Balaban J connectivity index is 1.63. The zero-order chi connectivity index (χ0) is 18.8. The minimum Gasteiger partial charge on any atom is -0.497 e. The molecule has 3 aromatic rings. The van der Waals surface area contributed by atoms with E-state index in [-0.39, 0.29) is 6.04 Å². The molecule has 6 heteroatoms. The molecule has 2 aromatic carbocycles. The van der Waals surface area contributed by atoms with Crippen LogP contribution < -0.4 is 20.8 Å². The molecule has 1 aromatic heterocycles. The van der Waals surface area contributed by atoms with Gasteiger partial charge in [0, 0.05) is 11.6 Å². The van der Waals surface area contributed by atoms with Gasteiger partial charge in [-0.3, -0.25) is 9.98 Å². The van der Waals surface area contributed by atoms with E-state index < -0.39 is 0 Å². The first-order valence-corrected chi connectivity index (χ1v) is 8.88. The lowest BCUT2D eigenvalue weighted by atomic mass is 10.1. The summed E-state index contributed by atoms with van der Waals surface area (Å²) in [5, 5.41) is 5.32. The Morgan fingerprint density at radius 3 is 2.70 bits per heavy atom. The predicted octanol–water partition coefficient (Wildman–Crippen LogP) is 2.84. The molecule has 1 aliphatic heterocycles. The molecule has 4 rings (SSSR count). The van der Waals surface area contributed by atoms with Crippen molar-refractivity contribution in [2.45, 2.75) is 19.9 Å². The zero-order valence-corrected chi connectivity index (χ0v) is 15.6. The third kappa shape index (κ3) is 3.65. The molecule has 6 nitrogen and oxygen atoms in total. The summed E-state index contributed by atoms with van der Waals surface area (Å²) >= 11 is 0. The normalized spacial score (nSPS) is 13.3. The smallest absolute Gasteiger partial charge is 0.130 e. The lowest BCUT2D eigenvalue weighted by Crippen LogP contribution is -2.21. The molecule has 0 saturated carbocycles. The van der Waals surface area contributed by atoms with Crippen LogP contribution in [0.1, 0.15) is 24.4 Å². The number of ether oxygens (including phenoxy) is 1. The molecule has 0 saturated heterocycles. The maximum Gasteiger partial charge on any atom is 0.130 e. The lowest BCUT2D eigenvalue weighted by molar-refractivity contribution is 0.414. The average molecular weight is 359 g/mol. The van der Waals surface area contributed by atoms with Crippen molar-refractivity contribution in [3.05, 3.63) is 70.6 Å². The highest BCUT2D eigenvalue weighted by Crippen LogP contribution is 2.24. The fraction of sp³-hybridized carbons (Fsp3) is 0.238. The van der Waals surface area contributed by atoms with Crippen molar-refractivity contribution in [3.8, 4) is 17.0 Å². The number of anilines is 1. The molecule has 27 heavy (non-hydrogen) atoms. The Morgan fingerprint density at radius 1 is 1.00 bits per heavy atom. The molecule has 0 fully saturated rings. The van der Waals surface area contributed by atoms with Gasteiger partial charge in [0.15, 0.2) is 0 Å². The highest BCUT2D eigenvalue weighted by Gasteiger charge is 2.11. The number of benzene rings is 2. The van der Waals surface area contributed by atoms with E-state index in [1.807, 2.05) is 49.4 Å². The van der Waals surface area contributed by atoms with E-state index in [4.69, 9.17) is 4.74 Å². The van der Waals surface area contributed by atoms with Crippen molar-refractivity contribution < 1.29 is 4.74 Å². The monoisotopic (exact) mass is 359 g/mol. The summed E-state index contributed by atoms with van der Waals surface area (Å²) < 4.78 is 5.32. The van der Waals surface area contributed by atoms with Crippen LogP contribution in [0.3, 0.4) is 0 Å². The minimum atomic E-state index is 0.0797. The van der Waals surface area contributed by atoms with E-state index in [0.29, 0.717) is 6.67 Å². The Kier molecular flexibility index (Phi) is 4.54. The molecular weight excluding hydrogens is 338 g/mol. The van der Waals surface area contributed by atoms with E-state index >= 15 is 0 Å². The molecule has 2 heterocycles. The molecule has 0 aliphatic carbocycles. The van der Waals surface area contributed by atoms with E-state index in [0.717, 1.165) is 44.9 Å². The molecule has 136 valence electrons. The van der Waals surface area contributed by atoms with Crippen LogP contribution in [0.15, 0.2) is 58.5 Å². The summed E-state index contributed by atoms with van der Waals surface area (Å²) in [5.74, 6) is 2.35. The number of hydrogen-bond acceptors (Lipinski definition) is 6. The van der Waals surface area contributed by atoms with Crippen LogP contribution in [0.5, 0.6) is 5.75 Å². The highest BCUT2D eigenvalue weighted by atomic mass is 16.5. The summed E-state index contributed by atoms with van der Waals surface area (Å²) in [6.45, 7) is 4.51. The van der Waals surface area contributed by atoms with Crippen LogP contribution in [0, 0.1) is 6.92 Å². The average Bonchev–Trinajstić information content (AvgIpc) is 3.15. The van der Waals surface area contributed by atoms with Gasteiger partial charge in [0.25, 0.3) is 0 Å². The predicted molar refractivity (Wildman–Crippen MR) is 104 cm³/mol. The quantitative estimate of drug-likeness (QED) is 0.760. The largest absolute Gasteiger partial charge is 0.497 e. The molecular formula is C21H21N5O. The summed E-state index contributed by atoms with van der Waals surface area (Å²) in [6.07, 6.45) is 0. The number of nitrogens with zero attached hydrogens (tertiary/aromatic N) is 4. The number of aromatic nitrogens is 2. The SMILES string of the molecule is COc1cccc([C@H](C)Nc2cc(-c3ccc4c(c3)=NCN=4)nc(C)n2)c1. The molecule has 1 N–H and O–H groups in total. The summed E-state index contributed by atoms with van der Waals surface area (Å²) in [6, 6.07) is 16.1. The first kappa shape index (κ1) is 17.1. The summed E-state index contributed by atoms with van der Waals surface area (Å²) in [4.78, 5) is 17.9. The number of methoxy groups -OCH3 is 1. The van der Waals surface area contributed by atoms with Gasteiger partial charge in [-0.15, -0.1) is 0 Å².